The minimum Gasteiger partial charge on any atom is -0.460 e. The van der Waals surface area contributed by atoms with Gasteiger partial charge < -0.3 is 9.47 Å². The third-order valence-electron chi connectivity index (χ3n) is 4.58. The number of hydrogen-bond acceptors (Lipinski definition) is 4. The Hall–Kier alpha value is -2.18. The van der Waals surface area contributed by atoms with Crippen molar-refractivity contribution in [3.8, 4) is 11.1 Å². The number of aromatic nitrogens is 2. The van der Waals surface area contributed by atoms with E-state index in [4.69, 9.17) is 9.47 Å². The topological polar surface area (TPSA) is 53.3 Å². The number of aryl methyl sites for hydroxylation is 1. The maximum atomic E-state index is 12.1. The first-order valence-electron chi connectivity index (χ1n) is 10.5. The number of carbonyl (C=O) groups excluding carboxylic acids is 1. The molecule has 0 aliphatic carbocycles. The Balaban J connectivity index is 2.12. The van der Waals surface area contributed by atoms with E-state index in [9.17, 15) is 4.79 Å². The van der Waals surface area contributed by atoms with Gasteiger partial charge in [-0.15, -0.1) is 0 Å². The molecule has 1 aromatic heterocycles. The van der Waals surface area contributed by atoms with Gasteiger partial charge in [0.05, 0.1) is 17.8 Å². The van der Waals surface area contributed by atoms with Crippen LogP contribution in [0.25, 0.3) is 17.2 Å². The number of hydrogen-bond donors (Lipinski definition) is 0. The van der Waals surface area contributed by atoms with E-state index >= 15 is 0 Å². The quantitative estimate of drug-likeness (QED) is 0.292. The molecule has 0 amide bonds. The molecular formula is C24H36N2O3Si. The van der Waals surface area contributed by atoms with E-state index in [1.165, 1.54) is 0 Å². The Morgan fingerprint density at radius 1 is 1.20 bits per heavy atom. The van der Waals surface area contributed by atoms with Gasteiger partial charge in [-0.2, -0.15) is 5.10 Å². The highest BCUT2D eigenvalue weighted by Gasteiger charge is 2.18. The van der Waals surface area contributed by atoms with E-state index in [-0.39, 0.29) is 12.4 Å². The molecule has 0 aliphatic rings. The summed E-state index contributed by atoms with van der Waals surface area (Å²) >= 11 is 0. The number of benzene rings is 1. The third kappa shape index (κ3) is 7.25. The molecule has 0 saturated carbocycles. The lowest BCUT2D eigenvalue weighted by Gasteiger charge is -2.19. The van der Waals surface area contributed by atoms with Gasteiger partial charge in [-0.05, 0) is 50.9 Å². The predicted molar refractivity (Wildman–Crippen MR) is 126 cm³/mol. The van der Waals surface area contributed by atoms with Crippen LogP contribution in [0.2, 0.25) is 25.7 Å². The standard InChI is InChI=1S/C24H36N2O3Si/c1-9-21-23(18(2)25-26(21)17-28-14-15-30(6,7)8)20-12-10-19(11-13-20)16-22(27)29-24(3,4)5/h9-13H,1,14-17H2,2-8H3. The van der Waals surface area contributed by atoms with Gasteiger partial charge in [0.2, 0.25) is 0 Å². The summed E-state index contributed by atoms with van der Waals surface area (Å²) in [6, 6.07) is 9.10. The fraction of sp³-hybridized carbons (Fsp3) is 0.500. The van der Waals surface area contributed by atoms with Crippen molar-refractivity contribution < 1.29 is 14.3 Å². The van der Waals surface area contributed by atoms with Gasteiger partial charge in [-0.3, -0.25) is 4.79 Å². The predicted octanol–water partition coefficient (Wildman–Crippen LogP) is 5.70. The lowest BCUT2D eigenvalue weighted by Crippen LogP contribution is -2.24. The average molecular weight is 429 g/mol. The normalized spacial score (nSPS) is 12.1. The van der Waals surface area contributed by atoms with Crippen molar-refractivity contribution in [3.63, 3.8) is 0 Å². The molecule has 0 atom stereocenters. The van der Waals surface area contributed by atoms with Crippen LogP contribution in [-0.2, 0) is 27.4 Å². The minimum atomic E-state index is -1.11. The maximum Gasteiger partial charge on any atom is 0.310 e. The summed E-state index contributed by atoms with van der Waals surface area (Å²) in [4.78, 5) is 12.1. The van der Waals surface area contributed by atoms with E-state index in [0.717, 1.165) is 40.7 Å². The van der Waals surface area contributed by atoms with E-state index in [2.05, 4.69) is 31.3 Å². The molecule has 2 aromatic rings. The van der Waals surface area contributed by atoms with Gasteiger partial charge in [0.1, 0.15) is 12.3 Å². The van der Waals surface area contributed by atoms with Gasteiger partial charge in [-0.25, -0.2) is 4.68 Å². The molecule has 0 fully saturated rings. The van der Waals surface area contributed by atoms with E-state index < -0.39 is 13.7 Å². The van der Waals surface area contributed by atoms with Crippen LogP contribution in [0.15, 0.2) is 30.8 Å². The Labute approximate surface area is 182 Å². The molecule has 2 rings (SSSR count). The lowest BCUT2D eigenvalue weighted by molar-refractivity contribution is -0.153. The molecule has 1 heterocycles. The molecule has 5 nitrogen and oxygen atoms in total. The van der Waals surface area contributed by atoms with E-state index in [1.807, 2.05) is 62.7 Å². The molecule has 0 bridgehead atoms. The highest BCUT2D eigenvalue weighted by Crippen LogP contribution is 2.29. The van der Waals surface area contributed by atoms with Crippen LogP contribution < -0.4 is 0 Å². The SMILES string of the molecule is C=Cc1c(-c2ccc(CC(=O)OC(C)(C)C)cc2)c(C)nn1COCC[Si](C)(C)C. The largest absolute Gasteiger partial charge is 0.460 e. The van der Waals surface area contributed by atoms with Crippen LogP contribution in [-0.4, -0.2) is 36.0 Å². The van der Waals surface area contributed by atoms with Crippen molar-refractivity contribution in [2.75, 3.05) is 6.61 Å². The van der Waals surface area contributed by atoms with Crippen molar-refractivity contribution in [2.24, 2.45) is 0 Å². The molecule has 0 N–H and O–H groups in total. The molecular weight excluding hydrogens is 392 g/mol. The number of nitrogens with zero attached hydrogens (tertiary/aromatic N) is 2. The average Bonchev–Trinajstić information content (AvgIpc) is 2.92. The fourth-order valence-electron chi connectivity index (χ4n) is 3.12. The van der Waals surface area contributed by atoms with Crippen molar-refractivity contribution >= 4 is 20.1 Å². The van der Waals surface area contributed by atoms with Crippen LogP contribution in [0.5, 0.6) is 0 Å². The van der Waals surface area contributed by atoms with E-state index in [0.29, 0.717) is 6.73 Å². The van der Waals surface area contributed by atoms with Crippen LogP contribution in [0.3, 0.4) is 0 Å². The van der Waals surface area contributed by atoms with E-state index in [1.54, 1.807) is 0 Å². The number of carbonyl (C=O) groups is 1. The summed E-state index contributed by atoms with van der Waals surface area (Å²) in [5.74, 6) is -0.221. The molecule has 6 heteroatoms. The van der Waals surface area contributed by atoms with Crippen LogP contribution in [0.1, 0.15) is 37.7 Å². The smallest absolute Gasteiger partial charge is 0.310 e. The Morgan fingerprint density at radius 2 is 1.83 bits per heavy atom. The molecule has 0 saturated heterocycles. The molecule has 0 spiro atoms. The van der Waals surface area contributed by atoms with Gasteiger partial charge >= 0.3 is 5.97 Å². The highest BCUT2D eigenvalue weighted by molar-refractivity contribution is 6.76. The fourth-order valence-corrected chi connectivity index (χ4v) is 3.88. The van der Waals surface area contributed by atoms with Crippen LogP contribution in [0.4, 0.5) is 0 Å². The molecule has 30 heavy (non-hydrogen) atoms. The van der Waals surface area contributed by atoms with Gasteiger partial charge in [-0.1, -0.05) is 50.5 Å². The van der Waals surface area contributed by atoms with Crippen molar-refractivity contribution in [1.82, 2.24) is 9.78 Å². The Kier molecular flexibility index (Phi) is 7.83. The molecule has 0 unspecified atom stereocenters. The zero-order chi connectivity index (χ0) is 22.5. The molecule has 164 valence electrons. The number of ether oxygens (including phenoxy) is 2. The summed E-state index contributed by atoms with van der Waals surface area (Å²) in [6.07, 6.45) is 2.08. The number of rotatable bonds is 9. The van der Waals surface area contributed by atoms with Gasteiger partial charge in [0, 0.05) is 20.2 Å². The summed E-state index contributed by atoms with van der Waals surface area (Å²) in [6.45, 7) is 19.8. The summed E-state index contributed by atoms with van der Waals surface area (Å²) in [5, 5.41) is 4.66. The molecule has 1 aromatic carbocycles. The lowest BCUT2D eigenvalue weighted by atomic mass is 10.0. The minimum absolute atomic E-state index is 0.221. The summed E-state index contributed by atoms with van der Waals surface area (Å²) in [7, 11) is -1.11. The first-order chi connectivity index (χ1) is 13.9. The number of esters is 1. The monoisotopic (exact) mass is 428 g/mol. The zero-order valence-electron chi connectivity index (χ0n) is 19.5. The third-order valence-corrected chi connectivity index (χ3v) is 6.29. The second-order valence-electron chi connectivity index (χ2n) is 9.86. The van der Waals surface area contributed by atoms with Crippen LogP contribution >= 0.6 is 0 Å². The maximum absolute atomic E-state index is 12.1. The van der Waals surface area contributed by atoms with Crippen molar-refractivity contribution in [3.05, 3.63) is 47.8 Å². The van der Waals surface area contributed by atoms with Crippen molar-refractivity contribution in [1.29, 1.82) is 0 Å². The second-order valence-corrected chi connectivity index (χ2v) is 15.5. The van der Waals surface area contributed by atoms with Crippen molar-refractivity contribution in [2.45, 2.75) is 72.1 Å². The molecule has 0 aliphatic heterocycles. The zero-order valence-corrected chi connectivity index (χ0v) is 20.5. The summed E-state index contributed by atoms with van der Waals surface area (Å²) in [5.41, 5.74) is 4.41. The first kappa shape index (κ1) is 24.1. The molecule has 0 radical (unpaired) electrons. The first-order valence-corrected chi connectivity index (χ1v) is 14.2. The highest BCUT2D eigenvalue weighted by atomic mass is 28.3. The van der Waals surface area contributed by atoms with Gasteiger partial charge in [0.25, 0.3) is 0 Å². The second kappa shape index (κ2) is 9.75. The Morgan fingerprint density at radius 3 is 2.37 bits per heavy atom. The summed E-state index contributed by atoms with van der Waals surface area (Å²) < 4.78 is 13.2. The van der Waals surface area contributed by atoms with Gasteiger partial charge in [0.15, 0.2) is 0 Å². The Bertz CT molecular complexity index is 872. The van der Waals surface area contributed by atoms with Crippen LogP contribution in [0, 0.1) is 6.92 Å².